The molecule has 0 aliphatic heterocycles. The van der Waals surface area contributed by atoms with E-state index in [2.05, 4.69) is 35.1 Å². The fourth-order valence-corrected chi connectivity index (χ4v) is 2.75. The van der Waals surface area contributed by atoms with E-state index in [1.54, 1.807) is 0 Å². The minimum Gasteiger partial charge on any atom is -0.345 e. The molecule has 0 saturated carbocycles. The highest BCUT2D eigenvalue weighted by atomic mass is 79.9. The van der Waals surface area contributed by atoms with Gasteiger partial charge in [-0.2, -0.15) is 0 Å². The van der Waals surface area contributed by atoms with Gasteiger partial charge in [0.1, 0.15) is 0 Å². The van der Waals surface area contributed by atoms with E-state index in [-0.39, 0.29) is 11.4 Å². The van der Waals surface area contributed by atoms with Gasteiger partial charge in [0, 0.05) is 6.54 Å². The average Bonchev–Trinajstić information content (AvgIpc) is 2.59. The van der Waals surface area contributed by atoms with Gasteiger partial charge in [-0.1, -0.05) is 13.8 Å². The molecule has 0 aliphatic carbocycles. The molecule has 1 heterocycles. The van der Waals surface area contributed by atoms with Gasteiger partial charge < -0.3 is 11.1 Å². The van der Waals surface area contributed by atoms with E-state index in [9.17, 15) is 4.79 Å². The number of hydrogen-bond donors (Lipinski definition) is 2. The fraction of sp³-hybridized carbons (Fsp3) is 0.583. The maximum Gasteiger partial charge on any atom is 0.261 e. The third kappa shape index (κ3) is 3.30. The zero-order chi connectivity index (χ0) is 13.2. The predicted molar refractivity (Wildman–Crippen MR) is 76.5 cm³/mol. The van der Waals surface area contributed by atoms with E-state index in [1.165, 1.54) is 11.3 Å². The molecule has 1 aromatic heterocycles. The van der Waals surface area contributed by atoms with Gasteiger partial charge in [-0.15, -0.1) is 11.3 Å². The van der Waals surface area contributed by atoms with Gasteiger partial charge in [0.15, 0.2) is 0 Å². The molecule has 5 heteroatoms. The van der Waals surface area contributed by atoms with Gasteiger partial charge in [-0.3, -0.25) is 4.79 Å². The van der Waals surface area contributed by atoms with Gasteiger partial charge >= 0.3 is 0 Å². The molecule has 3 N–H and O–H groups in total. The van der Waals surface area contributed by atoms with Crippen molar-refractivity contribution in [1.82, 2.24) is 5.32 Å². The first-order chi connectivity index (χ1) is 7.80. The molecule has 0 bridgehead atoms. The lowest BCUT2D eigenvalue weighted by Gasteiger charge is -2.33. The van der Waals surface area contributed by atoms with Crippen molar-refractivity contribution < 1.29 is 4.79 Å². The highest BCUT2D eigenvalue weighted by Crippen LogP contribution is 2.28. The number of aryl methyl sites for hydroxylation is 1. The smallest absolute Gasteiger partial charge is 0.261 e. The fourth-order valence-electron chi connectivity index (χ4n) is 1.32. The highest BCUT2D eigenvalue weighted by Gasteiger charge is 2.29. The summed E-state index contributed by atoms with van der Waals surface area (Å²) in [6.07, 6.45) is 0. The van der Waals surface area contributed by atoms with Crippen LogP contribution in [0.1, 0.15) is 36.0 Å². The van der Waals surface area contributed by atoms with Crippen molar-refractivity contribution in [2.45, 2.75) is 33.2 Å². The Morgan fingerprint density at radius 1 is 1.65 bits per heavy atom. The Hall–Kier alpha value is -0.390. The van der Waals surface area contributed by atoms with Crippen LogP contribution in [-0.2, 0) is 0 Å². The van der Waals surface area contributed by atoms with Crippen molar-refractivity contribution in [3.05, 3.63) is 20.3 Å². The summed E-state index contributed by atoms with van der Waals surface area (Å²) in [5.41, 5.74) is 6.47. The van der Waals surface area contributed by atoms with E-state index in [0.29, 0.717) is 12.5 Å². The molecular formula is C12H19BrN2OS. The van der Waals surface area contributed by atoms with Crippen molar-refractivity contribution in [2.75, 3.05) is 6.54 Å². The molecule has 1 amide bonds. The highest BCUT2D eigenvalue weighted by molar-refractivity contribution is 9.11. The maximum absolute atomic E-state index is 12.1. The zero-order valence-corrected chi connectivity index (χ0v) is 13.0. The number of carbonyl (C=O) groups is 1. The zero-order valence-electron chi connectivity index (χ0n) is 10.6. The predicted octanol–water partition coefficient (Wildman–Crippen LogP) is 2.92. The van der Waals surface area contributed by atoms with Crippen LogP contribution in [0, 0.1) is 12.8 Å². The molecule has 17 heavy (non-hydrogen) atoms. The third-order valence-electron chi connectivity index (χ3n) is 3.18. The Bertz CT molecular complexity index is 397. The Morgan fingerprint density at radius 3 is 2.59 bits per heavy atom. The summed E-state index contributed by atoms with van der Waals surface area (Å²) in [4.78, 5) is 12.8. The van der Waals surface area contributed by atoms with Gasteiger partial charge in [0.25, 0.3) is 5.91 Å². The molecule has 0 aromatic carbocycles. The van der Waals surface area contributed by atoms with Crippen LogP contribution in [0.4, 0.5) is 0 Å². The van der Waals surface area contributed by atoms with Crippen LogP contribution in [0.3, 0.4) is 0 Å². The van der Waals surface area contributed by atoms with Crippen LogP contribution in [0.25, 0.3) is 0 Å². The van der Waals surface area contributed by atoms with E-state index in [0.717, 1.165) is 14.2 Å². The minimum absolute atomic E-state index is 0.0505. The van der Waals surface area contributed by atoms with E-state index < -0.39 is 0 Å². The summed E-state index contributed by atoms with van der Waals surface area (Å²) in [5, 5.41) is 3.02. The van der Waals surface area contributed by atoms with Gasteiger partial charge in [0.05, 0.1) is 14.2 Å². The SMILES string of the molecule is Cc1cc(C(=O)NC(C)(CN)C(C)C)sc1Br. The average molecular weight is 319 g/mol. The Kier molecular flexibility index (Phi) is 4.75. The molecular weight excluding hydrogens is 300 g/mol. The van der Waals surface area contributed by atoms with Crippen molar-refractivity contribution >= 4 is 33.2 Å². The van der Waals surface area contributed by atoms with Crippen LogP contribution < -0.4 is 11.1 Å². The Labute approximate surface area is 115 Å². The molecule has 1 aromatic rings. The van der Waals surface area contributed by atoms with Crippen LogP contribution in [-0.4, -0.2) is 18.0 Å². The topological polar surface area (TPSA) is 55.1 Å². The summed E-state index contributed by atoms with van der Waals surface area (Å²) in [6, 6.07) is 1.89. The molecule has 1 atom stereocenters. The first kappa shape index (κ1) is 14.7. The number of nitrogens with two attached hydrogens (primary N) is 1. The number of halogens is 1. The lowest BCUT2D eigenvalue weighted by molar-refractivity contribution is 0.0887. The van der Waals surface area contributed by atoms with Gasteiger partial charge in [-0.05, 0) is 47.3 Å². The number of carbonyl (C=O) groups excluding carboxylic acids is 1. The van der Waals surface area contributed by atoms with Crippen LogP contribution >= 0.6 is 27.3 Å². The van der Waals surface area contributed by atoms with Crippen LogP contribution in [0.5, 0.6) is 0 Å². The first-order valence-electron chi connectivity index (χ1n) is 5.58. The molecule has 3 nitrogen and oxygen atoms in total. The number of nitrogens with one attached hydrogen (secondary N) is 1. The Morgan fingerprint density at radius 2 is 2.24 bits per heavy atom. The molecule has 0 fully saturated rings. The number of hydrogen-bond acceptors (Lipinski definition) is 3. The van der Waals surface area contributed by atoms with E-state index >= 15 is 0 Å². The second-order valence-corrected chi connectivity index (χ2v) is 7.17. The van der Waals surface area contributed by atoms with Crippen molar-refractivity contribution in [1.29, 1.82) is 0 Å². The van der Waals surface area contributed by atoms with E-state index in [4.69, 9.17) is 5.73 Å². The molecule has 0 aliphatic rings. The van der Waals surface area contributed by atoms with Gasteiger partial charge in [-0.25, -0.2) is 0 Å². The van der Waals surface area contributed by atoms with Crippen molar-refractivity contribution in [3.63, 3.8) is 0 Å². The molecule has 1 rings (SSSR count). The normalized spacial score (nSPS) is 14.8. The molecule has 1 unspecified atom stereocenters. The lowest BCUT2D eigenvalue weighted by Crippen LogP contribution is -2.54. The first-order valence-corrected chi connectivity index (χ1v) is 7.19. The van der Waals surface area contributed by atoms with Crippen LogP contribution in [0.2, 0.25) is 0 Å². The number of amides is 1. The summed E-state index contributed by atoms with van der Waals surface area (Å²) in [7, 11) is 0. The second-order valence-electron chi connectivity index (χ2n) is 4.80. The molecule has 96 valence electrons. The van der Waals surface area contributed by atoms with Gasteiger partial charge in [0.2, 0.25) is 0 Å². The minimum atomic E-state index is -0.360. The largest absolute Gasteiger partial charge is 0.345 e. The molecule has 0 radical (unpaired) electrons. The monoisotopic (exact) mass is 318 g/mol. The summed E-state index contributed by atoms with van der Waals surface area (Å²) in [5.74, 6) is 0.242. The van der Waals surface area contributed by atoms with Crippen molar-refractivity contribution in [2.24, 2.45) is 11.7 Å². The third-order valence-corrected chi connectivity index (χ3v) is 5.31. The Balaban J connectivity index is 2.85. The summed E-state index contributed by atoms with van der Waals surface area (Å²) >= 11 is 4.87. The van der Waals surface area contributed by atoms with E-state index in [1.807, 2.05) is 19.9 Å². The molecule has 0 spiro atoms. The second kappa shape index (κ2) is 5.50. The lowest BCUT2D eigenvalue weighted by atomic mass is 9.88. The standard InChI is InChI=1S/C12H19BrN2OS/c1-7(2)12(4,6-14)15-11(16)9-5-8(3)10(13)17-9/h5,7H,6,14H2,1-4H3,(H,15,16). The van der Waals surface area contributed by atoms with Crippen molar-refractivity contribution in [3.8, 4) is 0 Å². The number of rotatable bonds is 4. The quantitative estimate of drug-likeness (QED) is 0.896. The summed E-state index contributed by atoms with van der Waals surface area (Å²) < 4.78 is 1.00. The summed E-state index contributed by atoms with van der Waals surface area (Å²) in [6.45, 7) is 8.50. The maximum atomic E-state index is 12.1. The number of thiophene rings is 1. The molecule has 0 saturated heterocycles. The van der Waals surface area contributed by atoms with Crippen LogP contribution in [0.15, 0.2) is 9.85 Å².